The van der Waals surface area contributed by atoms with E-state index in [1.165, 1.54) is 75.4 Å². The van der Waals surface area contributed by atoms with Crippen molar-refractivity contribution in [1.29, 1.82) is 0 Å². The summed E-state index contributed by atoms with van der Waals surface area (Å²) in [5.74, 6) is 0.375. The largest absolute Gasteiger partial charge is 0.478 e. The van der Waals surface area contributed by atoms with E-state index < -0.39 is 30.1 Å². The predicted octanol–water partition coefficient (Wildman–Crippen LogP) is 7.58. The van der Waals surface area contributed by atoms with Gasteiger partial charge in [-0.3, -0.25) is 19.2 Å². The van der Waals surface area contributed by atoms with Gasteiger partial charge in [0.15, 0.2) is 0 Å². The molecule has 7 aromatic heterocycles. The maximum atomic E-state index is 12.3. The van der Waals surface area contributed by atoms with Crippen molar-refractivity contribution in [1.82, 2.24) is 34.9 Å². The summed E-state index contributed by atoms with van der Waals surface area (Å²) < 4.78 is 97.0. The summed E-state index contributed by atoms with van der Waals surface area (Å²) >= 11 is 20.1. The monoisotopic (exact) mass is 1020 g/mol. The molecule has 0 radical (unpaired) electrons. The summed E-state index contributed by atoms with van der Waals surface area (Å²) in [6.07, 6.45) is 7.18. The molecule has 328 valence electrons. The van der Waals surface area contributed by atoms with Crippen molar-refractivity contribution in [2.75, 3.05) is 28.4 Å². The van der Waals surface area contributed by atoms with Crippen LogP contribution < -0.4 is 28.4 Å². The third kappa shape index (κ3) is 13.3. The second-order valence-corrected chi connectivity index (χ2v) is 22.4. The second-order valence-electron chi connectivity index (χ2n) is 11.5. The standard InChI is InChI=1S/C14H11ClN4O3S2.C11H12ClN3O3S2.C9H8ClN3O3S2/c15-11-4-5-12(23-11)24(20,21)19-13-14(18-8-7-17-13)22-9-10-3-1-2-6-16-10;1-6-7(2)14-11(18-3)10(13-6)15-20(16,17)9-5-4-8(12)19-9;1-16-9-8(11-4-5-12-9)13-18(14,15)7-3-2-6(10)17-7/h1-8H,9H2,(H,17,19);4-5H,1-3H3,(H,13,15);2-5H,1H3,(H,11,13). The Morgan fingerprint density at radius 3 is 1.39 bits per heavy atom. The number of aromatic nitrogens is 7. The lowest BCUT2D eigenvalue weighted by molar-refractivity contribution is 0.290. The fourth-order valence-electron chi connectivity index (χ4n) is 4.32. The summed E-state index contributed by atoms with van der Waals surface area (Å²) in [6, 6.07) is 14.2. The molecule has 0 fully saturated rings. The molecule has 19 nitrogen and oxygen atoms in total. The van der Waals surface area contributed by atoms with E-state index in [1.807, 2.05) is 6.07 Å². The predicted molar refractivity (Wildman–Crippen MR) is 238 cm³/mol. The lowest BCUT2D eigenvalue weighted by Crippen LogP contribution is -2.15. The SMILES string of the molecule is COc1nc(C)c(C)nc1NS(=O)(=O)c1ccc(Cl)s1.COc1nccnc1NS(=O)(=O)c1ccc(Cl)s1.O=S(=O)(Nc1nccnc1OCc1ccccn1)c1ccc(Cl)s1. The number of nitrogens with one attached hydrogen (secondary N) is 3. The van der Waals surface area contributed by atoms with Crippen LogP contribution in [0.4, 0.5) is 17.5 Å². The molecule has 0 saturated carbocycles. The number of hydrogen-bond acceptors (Lipinski definition) is 19. The Bertz CT molecular complexity index is 2960. The molecule has 0 aliphatic rings. The van der Waals surface area contributed by atoms with Gasteiger partial charge in [-0.25, -0.2) is 55.2 Å². The molecule has 7 heterocycles. The third-order valence-corrected chi connectivity index (χ3v) is 16.4. The maximum absolute atomic E-state index is 12.3. The van der Waals surface area contributed by atoms with Gasteiger partial charge in [-0.1, -0.05) is 40.9 Å². The molecule has 0 amide bonds. The van der Waals surface area contributed by atoms with Crippen molar-refractivity contribution in [3.05, 3.63) is 116 Å². The highest BCUT2D eigenvalue weighted by molar-refractivity contribution is 7.95. The first-order valence-electron chi connectivity index (χ1n) is 16.8. The molecule has 7 rings (SSSR count). The van der Waals surface area contributed by atoms with Crippen LogP contribution in [0.25, 0.3) is 0 Å². The fraction of sp³-hybridized carbons (Fsp3) is 0.147. The lowest BCUT2D eigenvalue weighted by atomic mass is 10.3. The van der Waals surface area contributed by atoms with Crippen LogP contribution in [-0.2, 0) is 36.7 Å². The zero-order valence-electron chi connectivity index (χ0n) is 32.2. The zero-order chi connectivity index (χ0) is 45.1. The number of methoxy groups -OCH3 is 2. The van der Waals surface area contributed by atoms with Crippen molar-refractivity contribution in [3.8, 4) is 17.6 Å². The highest BCUT2D eigenvalue weighted by Crippen LogP contribution is 2.31. The number of anilines is 3. The molecular formula is C34H31Cl3N10O9S6. The number of sulfonamides is 3. The summed E-state index contributed by atoms with van der Waals surface area (Å²) in [5.41, 5.74) is 1.97. The highest BCUT2D eigenvalue weighted by atomic mass is 35.5. The van der Waals surface area contributed by atoms with Gasteiger partial charge >= 0.3 is 0 Å². The smallest absolute Gasteiger partial charge is 0.272 e. The number of hydrogen-bond donors (Lipinski definition) is 3. The number of pyridine rings is 1. The van der Waals surface area contributed by atoms with E-state index in [0.29, 0.717) is 30.1 Å². The molecule has 0 bridgehead atoms. The van der Waals surface area contributed by atoms with E-state index in [-0.39, 0.29) is 54.3 Å². The normalized spacial score (nSPS) is 11.3. The number of thiophene rings is 3. The Morgan fingerprint density at radius 2 is 0.952 bits per heavy atom. The molecule has 62 heavy (non-hydrogen) atoms. The first kappa shape index (κ1) is 48.0. The summed E-state index contributed by atoms with van der Waals surface area (Å²) in [6.45, 7) is 3.64. The molecule has 0 unspecified atom stereocenters. The van der Waals surface area contributed by atoms with Crippen molar-refractivity contribution in [3.63, 3.8) is 0 Å². The van der Waals surface area contributed by atoms with Gasteiger partial charge in [0.2, 0.25) is 17.5 Å². The fourth-order valence-corrected chi connectivity index (χ4v) is 11.8. The van der Waals surface area contributed by atoms with Gasteiger partial charge in [0.1, 0.15) is 19.2 Å². The Kier molecular flexibility index (Phi) is 16.6. The summed E-state index contributed by atoms with van der Waals surface area (Å²) in [4.78, 5) is 28.1. The number of halogens is 3. The third-order valence-electron chi connectivity index (χ3n) is 7.21. The van der Waals surface area contributed by atoms with Crippen LogP contribution >= 0.6 is 68.8 Å². The molecule has 0 aliphatic carbocycles. The van der Waals surface area contributed by atoms with Gasteiger partial charge < -0.3 is 14.2 Å². The van der Waals surface area contributed by atoms with E-state index in [1.54, 1.807) is 32.2 Å². The van der Waals surface area contributed by atoms with Crippen LogP contribution in [0, 0.1) is 13.8 Å². The number of aryl methyl sites for hydroxylation is 2. The van der Waals surface area contributed by atoms with E-state index >= 15 is 0 Å². The van der Waals surface area contributed by atoms with Gasteiger partial charge in [0.25, 0.3) is 47.7 Å². The average Bonchev–Trinajstić information content (AvgIpc) is 4.02. The number of ether oxygens (including phenoxy) is 3. The van der Waals surface area contributed by atoms with E-state index in [9.17, 15) is 25.3 Å². The van der Waals surface area contributed by atoms with Crippen molar-refractivity contribution in [2.24, 2.45) is 0 Å². The van der Waals surface area contributed by atoms with Crippen molar-refractivity contribution in [2.45, 2.75) is 33.1 Å². The van der Waals surface area contributed by atoms with Crippen LogP contribution in [-0.4, -0.2) is 74.4 Å². The van der Waals surface area contributed by atoms with Gasteiger partial charge in [-0.15, -0.1) is 34.0 Å². The first-order chi connectivity index (χ1) is 29.4. The topological polar surface area (TPSA) is 256 Å². The van der Waals surface area contributed by atoms with Gasteiger partial charge in [0, 0.05) is 31.0 Å². The zero-order valence-corrected chi connectivity index (χ0v) is 39.3. The second kappa shape index (κ2) is 21.4. The van der Waals surface area contributed by atoms with E-state index in [2.05, 4.69) is 49.1 Å². The Hall–Kier alpha value is -4.99. The minimum atomic E-state index is -3.81. The Labute approximate surface area is 382 Å². The highest BCUT2D eigenvalue weighted by Gasteiger charge is 2.23. The quantitative estimate of drug-likeness (QED) is 0.0948. The Balaban J connectivity index is 0.000000178. The van der Waals surface area contributed by atoms with Gasteiger partial charge in [0.05, 0.1) is 44.3 Å². The molecule has 7 aromatic rings. The molecule has 0 aromatic carbocycles. The van der Waals surface area contributed by atoms with Gasteiger partial charge in [-0.2, -0.15) is 0 Å². The molecule has 0 saturated heterocycles. The minimum Gasteiger partial charge on any atom is -0.478 e. The van der Waals surface area contributed by atoms with Crippen molar-refractivity contribution < 1.29 is 39.5 Å². The summed E-state index contributed by atoms with van der Waals surface area (Å²) in [5, 5.41) is 0. The van der Waals surface area contributed by atoms with Crippen LogP contribution in [0.15, 0.2) is 98.2 Å². The van der Waals surface area contributed by atoms with Crippen LogP contribution in [0.3, 0.4) is 0 Å². The molecular weight excluding hydrogens is 991 g/mol. The van der Waals surface area contributed by atoms with Crippen molar-refractivity contribution >= 4 is 116 Å². The minimum absolute atomic E-state index is 0.00189. The maximum Gasteiger partial charge on any atom is 0.272 e. The molecule has 3 N–H and O–H groups in total. The molecule has 0 aliphatic heterocycles. The lowest BCUT2D eigenvalue weighted by Gasteiger charge is -2.11. The average molecular weight is 1020 g/mol. The van der Waals surface area contributed by atoms with Gasteiger partial charge in [-0.05, 0) is 62.4 Å². The molecule has 0 spiro atoms. The summed E-state index contributed by atoms with van der Waals surface area (Å²) in [7, 11) is -8.51. The number of nitrogens with zero attached hydrogens (tertiary/aromatic N) is 7. The van der Waals surface area contributed by atoms with E-state index in [0.717, 1.165) is 34.0 Å². The molecule has 28 heteroatoms. The van der Waals surface area contributed by atoms with Crippen LogP contribution in [0.2, 0.25) is 13.0 Å². The molecule has 0 atom stereocenters. The van der Waals surface area contributed by atoms with E-state index in [4.69, 9.17) is 49.0 Å². The first-order valence-corrected chi connectivity index (χ1v) is 24.9. The number of rotatable bonds is 14. The Morgan fingerprint density at radius 1 is 0.516 bits per heavy atom. The van der Waals surface area contributed by atoms with Crippen LogP contribution in [0.5, 0.6) is 17.6 Å². The van der Waals surface area contributed by atoms with Crippen LogP contribution in [0.1, 0.15) is 17.1 Å².